The van der Waals surface area contributed by atoms with Crippen LogP contribution in [0.15, 0.2) is 27.2 Å². The van der Waals surface area contributed by atoms with Gasteiger partial charge in [-0.05, 0) is 41.0 Å². The quantitative estimate of drug-likeness (QED) is 0.701. The summed E-state index contributed by atoms with van der Waals surface area (Å²) >= 11 is 7.05. The van der Waals surface area contributed by atoms with Crippen molar-refractivity contribution in [2.75, 3.05) is 19.7 Å². The van der Waals surface area contributed by atoms with Gasteiger partial charge in [0, 0.05) is 16.6 Å². The minimum Gasteiger partial charge on any atom is -0.492 e. The minimum absolute atomic E-state index is 0.730. The molecule has 0 unspecified atom stereocenters. The van der Waals surface area contributed by atoms with E-state index in [4.69, 9.17) is 4.74 Å². The van der Waals surface area contributed by atoms with Crippen LogP contribution in [0, 0.1) is 0 Å². The molecule has 0 bridgehead atoms. The summed E-state index contributed by atoms with van der Waals surface area (Å²) in [5, 5.41) is 3.26. The average molecular weight is 377 g/mol. The molecule has 1 aromatic rings. The number of hydrogen-bond donors (Lipinski definition) is 1. The Morgan fingerprint density at radius 2 is 2.06 bits per heavy atom. The number of rotatable bonds is 7. The molecule has 1 aromatic carbocycles. The Hall–Kier alpha value is -0.320. The maximum atomic E-state index is 5.79. The summed E-state index contributed by atoms with van der Waals surface area (Å²) < 4.78 is 7.81. The highest BCUT2D eigenvalue weighted by atomic mass is 79.9. The van der Waals surface area contributed by atoms with Gasteiger partial charge in [0.2, 0.25) is 0 Å². The second kappa shape index (κ2) is 8.73. The zero-order valence-electron chi connectivity index (χ0n) is 10.8. The summed E-state index contributed by atoms with van der Waals surface area (Å²) in [7, 11) is 0. The highest BCUT2D eigenvalue weighted by Crippen LogP contribution is 2.33. The van der Waals surface area contributed by atoms with E-state index in [0.717, 1.165) is 46.4 Å². The van der Waals surface area contributed by atoms with Crippen molar-refractivity contribution in [3.05, 3.63) is 32.7 Å². The van der Waals surface area contributed by atoms with E-state index >= 15 is 0 Å². The van der Waals surface area contributed by atoms with Gasteiger partial charge in [0.15, 0.2) is 0 Å². The van der Waals surface area contributed by atoms with Crippen molar-refractivity contribution < 1.29 is 4.74 Å². The molecule has 0 amide bonds. The zero-order chi connectivity index (χ0) is 13.4. The Labute approximate surface area is 126 Å². The molecular formula is C14H19Br2NO. The lowest BCUT2D eigenvalue weighted by molar-refractivity contribution is 0.315. The number of halogens is 2. The van der Waals surface area contributed by atoms with Crippen LogP contribution in [0.1, 0.15) is 25.8 Å². The zero-order valence-corrected chi connectivity index (χ0v) is 14.0. The Morgan fingerprint density at radius 3 is 2.72 bits per heavy atom. The van der Waals surface area contributed by atoms with E-state index in [9.17, 15) is 0 Å². The van der Waals surface area contributed by atoms with Gasteiger partial charge in [0.05, 0.1) is 11.1 Å². The molecule has 100 valence electrons. The Kier molecular flexibility index (Phi) is 7.63. The fraction of sp³-hybridized carbons (Fsp3) is 0.429. The number of ether oxygens (including phenoxy) is 1. The van der Waals surface area contributed by atoms with Crippen LogP contribution in [0.2, 0.25) is 0 Å². The first-order valence-corrected chi connectivity index (χ1v) is 7.76. The molecule has 0 aromatic heterocycles. The molecule has 1 N–H and O–H groups in total. The maximum Gasteiger partial charge on any atom is 0.140 e. The van der Waals surface area contributed by atoms with E-state index in [0.29, 0.717) is 0 Å². The van der Waals surface area contributed by atoms with Crippen LogP contribution >= 0.6 is 31.9 Å². The van der Waals surface area contributed by atoms with E-state index in [1.54, 1.807) is 0 Å². The molecule has 0 radical (unpaired) electrons. The Bertz CT molecular complexity index is 405. The number of benzene rings is 1. The predicted octanol–water partition coefficient (Wildman–Crippen LogP) is 4.62. The van der Waals surface area contributed by atoms with E-state index in [-0.39, 0.29) is 0 Å². The van der Waals surface area contributed by atoms with Gasteiger partial charge in [-0.25, -0.2) is 0 Å². The van der Waals surface area contributed by atoms with Crippen LogP contribution in [0.25, 0.3) is 6.08 Å². The molecule has 0 atom stereocenters. The van der Waals surface area contributed by atoms with Crippen LogP contribution < -0.4 is 10.1 Å². The topological polar surface area (TPSA) is 21.3 Å². The van der Waals surface area contributed by atoms with Crippen molar-refractivity contribution in [3.8, 4) is 5.75 Å². The number of hydrogen-bond acceptors (Lipinski definition) is 2. The molecule has 0 saturated heterocycles. The third kappa shape index (κ3) is 5.12. The molecule has 0 aliphatic rings. The third-order valence-electron chi connectivity index (χ3n) is 2.30. The summed E-state index contributed by atoms with van der Waals surface area (Å²) in [6.07, 6.45) is 5.20. The minimum atomic E-state index is 0.730. The van der Waals surface area contributed by atoms with Crippen molar-refractivity contribution in [1.29, 1.82) is 0 Å². The highest BCUT2D eigenvalue weighted by molar-refractivity contribution is 9.11. The summed E-state index contributed by atoms with van der Waals surface area (Å²) in [4.78, 5) is 0. The smallest absolute Gasteiger partial charge is 0.140 e. The fourth-order valence-corrected chi connectivity index (χ4v) is 2.85. The molecule has 0 aliphatic heterocycles. The molecule has 0 heterocycles. The highest BCUT2D eigenvalue weighted by Gasteiger charge is 2.07. The van der Waals surface area contributed by atoms with Gasteiger partial charge in [0.25, 0.3) is 0 Å². The first-order valence-electron chi connectivity index (χ1n) is 6.18. The molecule has 1 rings (SSSR count). The van der Waals surface area contributed by atoms with Gasteiger partial charge in [0.1, 0.15) is 5.75 Å². The average Bonchev–Trinajstić information content (AvgIpc) is 2.33. The second-order valence-electron chi connectivity index (χ2n) is 3.86. The summed E-state index contributed by atoms with van der Waals surface area (Å²) in [5.41, 5.74) is 1.09. The van der Waals surface area contributed by atoms with Crippen LogP contribution in [0.5, 0.6) is 5.75 Å². The largest absolute Gasteiger partial charge is 0.492 e. The molecule has 18 heavy (non-hydrogen) atoms. The van der Waals surface area contributed by atoms with Gasteiger partial charge in [-0.2, -0.15) is 0 Å². The fourth-order valence-electron chi connectivity index (χ4n) is 1.47. The van der Waals surface area contributed by atoms with Crippen molar-refractivity contribution in [2.45, 2.75) is 20.3 Å². The molecule has 4 heteroatoms. The van der Waals surface area contributed by atoms with E-state index < -0.39 is 0 Å². The molecule has 0 spiro atoms. The van der Waals surface area contributed by atoms with Crippen LogP contribution in [0.3, 0.4) is 0 Å². The van der Waals surface area contributed by atoms with Gasteiger partial charge in [-0.1, -0.05) is 41.9 Å². The lowest BCUT2D eigenvalue weighted by Crippen LogP contribution is -2.11. The molecule has 0 fully saturated rings. The maximum absolute atomic E-state index is 5.79. The van der Waals surface area contributed by atoms with Gasteiger partial charge >= 0.3 is 0 Å². The van der Waals surface area contributed by atoms with Gasteiger partial charge in [-0.3, -0.25) is 0 Å². The second-order valence-corrected chi connectivity index (χ2v) is 5.63. The first kappa shape index (κ1) is 15.7. The van der Waals surface area contributed by atoms with Crippen molar-refractivity contribution in [2.24, 2.45) is 0 Å². The molecule has 0 saturated carbocycles. The first-order chi connectivity index (χ1) is 8.69. The monoisotopic (exact) mass is 375 g/mol. The lowest BCUT2D eigenvalue weighted by atomic mass is 10.2. The normalized spacial score (nSPS) is 11.1. The van der Waals surface area contributed by atoms with E-state index in [1.807, 2.05) is 6.07 Å². The van der Waals surface area contributed by atoms with Crippen LogP contribution in [-0.2, 0) is 0 Å². The Balaban J connectivity index is 2.88. The standard InChI is InChI=1S/C14H19Br2NO/c1-3-8-18-14-11(6-5-7-17-4-2)9-12(15)10-13(14)16/h5-6,9-10,17H,3-4,7-8H2,1-2H3. The van der Waals surface area contributed by atoms with Gasteiger partial charge in [-0.15, -0.1) is 0 Å². The summed E-state index contributed by atoms with van der Waals surface area (Å²) in [5.74, 6) is 0.910. The Morgan fingerprint density at radius 1 is 1.28 bits per heavy atom. The molecule has 0 aliphatic carbocycles. The number of likely N-dealkylation sites (N-methyl/N-ethyl adjacent to an activating group) is 1. The number of nitrogens with one attached hydrogen (secondary N) is 1. The lowest BCUT2D eigenvalue weighted by Gasteiger charge is -2.11. The van der Waals surface area contributed by atoms with Crippen molar-refractivity contribution >= 4 is 37.9 Å². The summed E-state index contributed by atoms with van der Waals surface area (Å²) in [6.45, 7) is 6.78. The third-order valence-corrected chi connectivity index (χ3v) is 3.34. The van der Waals surface area contributed by atoms with Crippen molar-refractivity contribution in [3.63, 3.8) is 0 Å². The van der Waals surface area contributed by atoms with Crippen molar-refractivity contribution in [1.82, 2.24) is 5.32 Å². The van der Waals surface area contributed by atoms with Gasteiger partial charge < -0.3 is 10.1 Å². The predicted molar refractivity (Wildman–Crippen MR) is 85.2 cm³/mol. The van der Waals surface area contributed by atoms with Crippen LogP contribution in [0.4, 0.5) is 0 Å². The molecular weight excluding hydrogens is 358 g/mol. The molecule has 2 nitrogen and oxygen atoms in total. The van der Waals surface area contributed by atoms with E-state index in [1.165, 1.54) is 0 Å². The van der Waals surface area contributed by atoms with E-state index in [2.05, 4.69) is 69.2 Å². The summed E-state index contributed by atoms with van der Waals surface area (Å²) in [6, 6.07) is 4.07. The van der Waals surface area contributed by atoms with Crippen LogP contribution in [-0.4, -0.2) is 19.7 Å². The SMILES string of the molecule is CCCOc1c(Br)cc(Br)cc1C=CCNCC.